The van der Waals surface area contributed by atoms with Crippen LogP contribution in [0.15, 0.2) is 60.8 Å². The van der Waals surface area contributed by atoms with Gasteiger partial charge in [-0.2, -0.15) is 5.10 Å². The Kier molecular flexibility index (Phi) is 5.07. The van der Waals surface area contributed by atoms with Gasteiger partial charge in [0, 0.05) is 25.1 Å². The number of carbonyl (C=O) groups excluding carboxylic acids is 2. The van der Waals surface area contributed by atoms with Gasteiger partial charge in [0.15, 0.2) is 0 Å². The van der Waals surface area contributed by atoms with Gasteiger partial charge in [0.05, 0.1) is 24.3 Å². The van der Waals surface area contributed by atoms with Gasteiger partial charge in [-0.1, -0.05) is 30.3 Å². The van der Waals surface area contributed by atoms with Crippen molar-refractivity contribution in [1.82, 2.24) is 9.78 Å². The predicted molar refractivity (Wildman–Crippen MR) is 103 cm³/mol. The van der Waals surface area contributed by atoms with Crippen molar-refractivity contribution in [1.29, 1.82) is 0 Å². The molecule has 1 saturated heterocycles. The molecule has 2 amide bonds. The number of amides is 2. The Morgan fingerprint density at radius 3 is 2.69 bits per heavy atom. The number of rotatable bonds is 5. The highest BCUT2D eigenvalue weighted by Crippen LogP contribution is 2.28. The van der Waals surface area contributed by atoms with Gasteiger partial charge in [0.1, 0.15) is 17.5 Å². The molecule has 1 unspecified atom stereocenters. The van der Waals surface area contributed by atoms with E-state index in [1.165, 1.54) is 11.0 Å². The zero-order valence-corrected chi connectivity index (χ0v) is 15.4. The van der Waals surface area contributed by atoms with Gasteiger partial charge in [-0.15, -0.1) is 0 Å². The molecule has 6 nitrogen and oxygen atoms in total. The van der Waals surface area contributed by atoms with E-state index >= 15 is 0 Å². The highest BCUT2D eigenvalue weighted by Gasteiger charge is 2.36. The van der Waals surface area contributed by atoms with Crippen LogP contribution in [-0.2, 0) is 16.1 Å². The average Bonchev–Trinajstić information content (AvgIpc) is 3.29. The van der Waals surface area contributed by atoms with Gasteiger partial charge in [0.2, 0.25) is 11.8 Å². The molecular weight excluding hydrogens is 378 g/mol. The van der Waals surface area contributed by atoms with E-state index in [0.717, 1.165) is 17.7 Å². The van der Waals surface area contributed by atoms with Gasteiger partial charge in [0.25, 0.3) is 0 Å². The van der Waals surface area contributed by atoms with Crippen LogP contribution in [-0.4, -0.2) is 28.1 Å². The number of benzene rings is 2. The summed E-state index contributed by atoms with van der Waals surface area (Å²) in [6.07, 6.45) is 1.54. The fraction of sp³-hybridized carbons (Fsp3) is 0.190. The lowest BCUT2D eigenvalue weighted by Gasteiger charge is -2.17. The first-order chi connectivity index (χ1) is 14.0. The molecule has 0 spiro atoms. The first kappa shape index (κ1) is 18.8. The second kappa shape index (κ2) is 7.83. The molecule has 2 heterocycles. The Morgan fingerprint density at radius 2 is 1.93 bits per heavy atom. The summed E-state index contributed by atoms with van der Waals surface area (Å²) in [4.78, 5) is 26.2. The summed E-state index contributed by atoms with van der Waals surface area (Å²) in [6.45, 7) is 0.514. The molecule has 8 heteroatoms. The first-order valence-electron chi connectivity index (χ1n) is 9.13. The second-order valence-corrected chi connectivity index (χ2v) is 6.85. The first-order valence-corrected chi connectivity index (χ1v) is 9.13. The third-order valence-electron chi connectivity index (χ3n) is 4.84. The molecule has 1 atom stereocenters. The third kappa shape index (κ3) is 4.01. The van der Waals surface area contributed by atoms with Crippen LogP contribution in [0, 0.1) is 17.6 Å². The van der Waals surface area contributed by atoms with E-state index in [0.29, 0.717) is 12.4 Å². The molecule has 4 rings (SSSR count). The SMILES string of the molecule is O=C(Nc1ccnn1Cc1ccccc1)C1CC(=O)N(c2ccc(F)cc2F)C1. The van der Waals surface area contributed by atoms with E-state index in [1.807, 2.05) is 30.3 Å². The fourth-order valence-corrected chi connectivity index (χ4v) is 3.37. The van der Waals surface area contributed by atoms with Gasteiger partial charge >= 0.3 is 0 Å². The maximum Gasteiger partial charge on any atom is 0.230 e. The van der Waals surface area contributed by atoms with E-state index in [4.69, 9.17) is 0 Å². The topological polar surface area (TPSA) is 67.2 Å². The van der Waals surface area contributed by atoms with Crippen molar-refractivity contribution in [3.05, 3.63) is 78.0 Å². The van der Waals surface area contributed by atoms with E-state index in [2.05, 4.69) is 10.4 Å². The van der Waals surface area contributed by atoms with Crippen LogP contribution in [0.3, 0.4) is 0 Å². The summed E-state index contributed by atoms with van der Waals surface area (Å²) >= 11 is 0. The summed E-state index contributed by atoms with van der Waals surface area (Å²) < 4.78 is 28.8. The number of hydrogen-bond donors (Lipinski definition) is 1. The predicted octanol–water partition coefficient (Wildman–Crippen LogP) is 3.20. The molecule has 1 aliphatic rings. The van der Waals surface area contributed by atoms with Crippen molar-refractivity contribution < 1.29 is 18.4 Å². The molecule has 29 heavy (non-hydrogen) atoms. The molecule has 1 aliphatic heterocycles. The minimum absolute atomic E-state index is 0.0270. The number of nitrogens with zero attached hydrogens (tertiary/aromatic N) is 3. The highest BCUT2D eigenvalue weighted by molar-refractivity contribution is 6.03. The van der Waals surface area contributed by atoms with Gasteiger partial charge in [-0.05, 0) is 17.7 Å². The molecule has 2 aromatic carbocycles. The van der Waals surface area contributed by atoms with Crippen molar-refractivity contribution in [3.63, 3.8) is 0 Å². The molecule has 1 fully saturated rings. The largest absolute Gasteiger partial charge is 0.311 e. The van der Waals surface area contributed by atoms with Crippen molar-refractivity contribution in [2.75, 3.05) is 16.8 Å². The molecule has 3 aromatic rings. The van der Waals surface area contributed by atoms with Crippen molar-refractivity contribution in [3.8, 4) is 0 Å². The lowest BCUT2D eigenvalue weighted by atomic mass is 10.1. The van der Waals surface area contributed by atoms with Crippen LogP contribution < -0.4 is 10.2 Å². The van der Waals surface area contributed by atoms with Gasteiger partial charge < -0.3 is 10.2 Å². The lowest BCUT2D eigenvalue weighted by molar-refractivity contribution is -0.122. The Bertz CT molecular complexity index is 1050. The Balaban J connectivity index is 1.45. The monoisotopic (exact) mass is 396 g/mol. The minimum Gasteiger partial charge on any atom is -0.311 e. The number of halogens is 2. The van der Waals surface area contributed by atoms with Crippen molar-refractivity contribution in [2.24, 2.45) is 5.92 Å². The van der Waals surface area contributed by atoms with E-state index in [-0.39, 0.29) is 30.5 Å². The smallest absolute Gasteiger partial charge is 0.230 e. The van der Waals surface area contributed by atoms with Crippen LogP contribution in [0.4, 0.5) is 20.3 Å². The Labute approximate surface area is 165 Å². The number of aromatic nitrogens is 2. The molecule has 0 bridgehead atoms. The number of nitrogens with one attached hydrogen (secondary N) is 1. The zero-order valence-electron chi connectivity index (χ0n) is 15.4. The van der Waals surface area contributed by atoms with E-state index in [1.54, 1.807) is 16.9 Å². The molecule has 148 valence electrons. The molecule has 0 saturated carbocycles. The van der Waals surface area contributed by atoms with Gasteiger partial charge in [-0.25, -0.2) is 13.5 Å². The van der Waals surface area contributed by atoms with Crippen LogP contribution in [0.25, 0.3) is 0 Å². The fourth-order valence-electron chi connectivity index (χ4n) is 3.37. The number of anilines is 2. The zero-order chi connectivity index (χ0) is 20.4. The Morgan fingerprint density at radius 1 is 1.14 bits per heavy atom. The number of carbonyl (C=O) groups is 2. The number of hydrogen-bond acceptors (Lipinski definition) is 3. The standard InChI is InChI=1S/C21H18F2N4O2/c22-16-6-7-18(17(23)11-16)26-13-15(10-20(26)28)21(29)25-19-8-9-24-27(19)12-14-4-2-1-3-5-14/h1-9,11,15H,10,12-13H2,(H,25,29). The third-order valence-corrected chi connectivity index (χ3v) is 4.84. The molecule has 0 radical (unpaired) electrons. The van der Waals surface area contributed by atoms with E-state index in [9.17, 15) is 18.4 Å². The van der Waals surface area contributed by atoms with Crippen LogP contribution in [0.2, 0.25) is 0 Å². The van der Waals surface area contributed by atoms with Crippen LogP contribution >= 0.6 is 0 Å². The highest BCUT2D eigenvalue weighted by atomic mass is 19.1. The van der Waals surface area contributed by atoms with Crippen molar-refractivity contribution >= 4 is 23.3 Å². The lowest BCUT2D eigenvalue weighted by Crippen LogP contribution is -2.29. The summed E-state index contributed by atoms with van der Waals surface area (Å²) in [7, 11) is 0. The molecular formula is C21H18F2N4O2. The quantitative estimate of drug-likeness (QED) is 0.720. The molecule has 1 N–H and O–H groups in total. The second-order valence-electron chi connectivity index (χ2n) is 6.85. The van der Waals surface area contributed by atoms with Crippen LogP contribution in [0.1, 0.15) is 12.0 Å². The summed E-state index contributed by atoms with van der Waals surface area (Å²) in [5, 5.41) is 7.03. The Hall–Kier alpha value is -3.55. The minimum atomic E-state index is -0.833. The van der Waals surface area contributed by atoms with Crippen LogP contribution in [0.5, 0.6) is 0 Å². The van der Waals surface area contributed by atoms with E-state index < -0.39 is 17.6 Å². The molecule has 0 aliphatic carbocycles. The summed E-state index contributed by atoms with van der Waals surface area (Å²) in [6, 6.07) is 14.4. The van der Waals surface area contributed by atoms with Crippen molar-refractivity contribution in [2.45, 2.75) is 13.0 Å². The summed E-state index contributed by atoms with van der Waals surface area (Å²) in [5.41, 5.74) is 1.00. The van der Waals surface area contributed by atoms with Gasteiger partial charge in [-0.3, -0.25) is 9.59 Å². The molecule has 1 aromatic heterocycles. The maximum atomic E-state index is 14.0. The maximum absolute atomic E-state index is 14.0. The summed E-state index contributed by atoms with van der Waals surface area (Å²) in [5.74, 6) is -2.42. The normalized spacial score (nSPS) is 16.3. The average molecular weight is 396 g/mol.